The van der Waals surface area contributed by atoms with E-state index in [1.165, 1.54) is 4.88 Å². The molecule has 2 N–H and O–H groups in total. The molecule has 0 aromatic carbocycles. The molecule has 0 bridgehead atoms. The lowest BCUT2D eigenvalue weighted by atomic mass is 9.98. The smallest absolute Gasteiger partial charge is 0.0985 e. The van der Waals surface area contributed by atoms with Crippen molar-refractivity contribution in [3.05, 3.63) is 15.6 Å². The van der Waals surface area contributed by atoms with E-state index >= 15 is 0 Å². The molecule has 4 nitrogen and oxygen atoms in total. The molecule has 1 aromatic rings. The van der Waals surface area contributed by atoms with Gasteiger partial charge in [-0.25, -0.2) is 4.98 Å². The van der Waals surface area contributed by atoms with E-state index in [-0.39, 0.29) is 11.5 Å². The lowest BCUT2D eigenvalue weighted by Crippen LogP contribution is -2.39. The van der Waals surface area contributed by atoms with Gasteiger partial charge in [-0.1, -0.05) is 20.8 Å². The zero-order chi connectivity index (χ0) is 16.3. The van der Waals surface area contributed by atoms with Crippen molar-refractivity contribution in [2.75, 3.05) is 20.3 Å². The maximum Gasteiger partial charge on any atom is 0.0985 e. The minimum atomic E-state index is -0.754. The molecule has 21 heavy (non-hydrogen) atoms. The molecule has 5 heteroatoms. The van der Waals surface area contributed by atoms with Gasteiger partial charge in [-0.2, -0.15) is 0 Å². The molecule has 2 unspecified atom stereocenters. The van der Waals surface area contributed by atoms with Crippen LogP contribution < -0.4 is 5.32 Å². The third-order valence-electron chi connectivity index (χ3n) is 3.50. The number of aryl methyl sites for hydroxylation is 1. The summed E-state index contributed by atoms with van der Waals surface area (Å²) < 4.78 is 5.03. The van der Waals surface area contributed by atoms with Crippen molar-refractivity contribution in [1.29, 1.82) is 0 Å². The Hall–Kier alpha value is -0.490. The van der Waals surface area contributed by atoms with E-state index in [9.17, 15) is 5.11 Å². The van der Waals surface area contributed by atoms with Crippen molar-refractivity contribution in [2.45, 2.75) is 65.0 Å². The third-order valence-corrected chi connectivity index (χ3v) is 5.27. The molecule has 0 aliphatic carbocycles. The SMILES string of the molecule is COCCC(C)(O)CNC(C)c1sc(C(C)(C)C)nc1C. The predicted molar refractivity (Wildman–Crippen MR) is 89.1 cm³/mol. The highest BCUT2D eigenvalue weighted by Gasteiger charge is 2.24. The quantitative estimate of drug-likeness (QED) is 0.811. The number of thiazole rings is 1. The Labute approximate surface area is 132 Å². The first-order valence-corrected chi connectivity index (χ1v) is 8.31. The van der Waals surface area contributed by atoms with Crippen LogP contribution in [-0.2, 0) is 10.2 Å². The van der Waals surface area contributed by atoms with Crippen LogP contribution >= 0.6 is 11.3 Å². The summed E-state index contributed by atoms with van der Waals surface area (Å²) in [6.07, 6.45) is 0.623. The number of aromatic nitrogens is 1. The van der Waals surface area contributed by atoms with Crippen LogP contribution in [0.5, 0.6) is 0 Å². The Morgan fingerprint density at radius 3 is 2.43 bits per heavy atom. The van der Waals surface area contributed by atoms with Crippen LogP contribution in [0.1, 0.15) is 62.7 Å². The van der Waals surface area contributed by atoms with Gasteiger partial charge in [-0.15, -0.1) is 11.3 Å². The molecule has 0 amide bonds. The highest BCUT2D eigenvalue weighted by Crippen LogP contribution is 2.32. The maximum atomic E-state index is 10.3. The maximum absolute atomic E-state index is 10.3. The second-order valence-electron chi connectivity index (χ2n) is 7.06. The molecule has 0 radical (unpaired) electrons. The number of nitrogens with one attached hydrogen (secondary N) is 1. The zero-order valence-electron chi connectivity index (χ0n) is 14.4. The van der Waals surface area contributed by atoms with Gasteiger partial charge in [0.1, 0.15) is 0 Å². The first kappa shape index (κ1) is 18.6. The topological polar surface area (TPSA) is 54.4 Å². The fourth-order valence-electron chi connectivity index (χ4n) is 2.01. The molecular formula is C16H30N2O2S. The lowest BCUT2D eigenvalue weighted by Gasteiger charge is -2.25. The average Bonchev–Trinajstić information content (AvgIpc) is 2.76. The summed E-state index contributed by atoms with van der Waals surface area (Å²) in [6, 6.07) is 0.188. The van der Waals surface area contributed by atoms with Gasteiger partial charge in [-0.3, -0.25) is 0 Å². The summed E-state index contributed by atoms with van der Waals surface area (Å²) in [5, 5.41) is 14.9. The number of methoxy groups -OCH3 is 1. The van der Waals surface area contributed by atoms with Crippen LogP contribution in [-0.4, -0.2) is 36.0 Å². The molecule has 0 saturated heterocycles. The Balaban J connectivity index is 2.68. The van der Waals surface area contributed by atoms with Crippen molar-refractivity contribution < 1.29 is 9.84 Å². The number of hydrogen-bond donors (Lipinski definition) is 2. The molecule has 0 spiro atoms. The van der Waals surface area contributed by atoms with Crippen LogP contribution in [0, 0.1) is 6.92 Å². The fraction of sp³-hybridized carbons (Fsp3) is 0.812. The number of rotatable bonds is 7. The molecule has 1 rings (SSSR count). The molecule has 2 atom stereocenters. The first-order chi connectivity index (χ1) is 9.57. The van der Waals surface area contributed by atoms with E-state index in [1.807, 2.05) is 6.92 Å². The van der Waals surface area contributed by atoms with Gasteiger partial charge in [0, 0.05) is 43.0 Å². The number of ether oxygens (including phenoxy) is 1. The standard InChI is InChI=1S/C16H30N2O2S/c1-11(17-10-16(6,19)8-9-20-7)13-12(2)18-14(21-13)15(3,4)5/h11,17,19H,8-10H2,1-7H3. The molecule has 122 valence electrons. The lowest BCUT2D eigenvalue weighted by molar-refractivity contribution is 0.0232. The third kappa shape index (κ3) is 5.66. The van der Waals surface area contributed by atoms with Crippen LogP contribution in [0.2, 0.25) is 0 Å². The number of hydrogen-bond acceptors (Lipinski definition) is 5. The van der Waals surface area contributed by atoms with E-state index in [2.05, 4.69) is 39.9 Å². The largest absolute Gasteiger partial charge is 0.389 e. The van der Waals surface area contributed by atoms with Gasteiger partial charge in [0.25, 0.3) is 0 Å². The molecule has 0 aliphatic rings. The second kappa shape index (κ2) is 7.18. The van der Waals surface area contributed by atoms with Crippen LogP contribution in [0.3, 0.4) is 0 Å². The van der Waals surface area contributed by atoms with Crippen LogP contribution in [0.25, 0.3) is 0 Å². The van der Waals surface area contributed by atoms with Gasteiger partial charge in [0.05, 0.1) is 16.3 Å². The number of nitrogens with zero attached hydrogens (tertiary/aromatic N) is 1. The van der Waals surface area contributed by atoms with Gasteiger partial charge >= 0.3 is 0 Å². The molecule has 0 aliphatic heterocycles. The van der Waals surface area contributed by atoms with Crippen molar-refractivity contribution in [3.63, 3.8) is 0 Å². The Kier molecular flexibility index (Phi) is 6.35. The fourth-order valence-corrected chi connectivity index (χ4v) is 3.16. The van der Waals surface area contributed by atoms with Crippen LogP contribution in [0.4, 0.5) is 0 Å². The van der Waals surface area contributed by atoms with Gasteiger partial charge < -0.3 is 15.2 Å². The van der Waals surface area contributed by atoms with E-state index in [0.717, 1.165) is 10.7 Å². The minimum Gasteiger partial charge on any atom is -0.389 e. The Morgan fingerprint density at radius 2 is 1.95 bits per heavy atom. The minimum absolute atomic E-state index is 0.0807. The van der Waals surface area contributed by atoms with Crippen molar-refractivity contribution >= 4 is 11.3 Å². The Morgan fingerprint density at radius 1 is 1.33 bits per heavy atom. The van der Waals surface area contributed by atoms with Crippen molar-refractivity contribution in [1.82, 2.24) is 10.3 Å². The van der Waals surface area contributed by atoms with E-state index < -0.39 is 5.60 Å². The predicted octanol–water partition coefficient (Wildman–Crippen LogP) is 3.19. The highest BCUT2D eigenvalue weighted by molar-refractivity contribution is 7.12. The molecular weight excluding hydrogens is 284 g/mol. The summed E-state index contributed by atoms with van der Waals surface area (Å²) in [7, 11) is 1.65. The monoisotopic (exact) mass is 314 g/mol. The summed E-state index contributed by atoms with van der Waals surface area (Å²) in [5.74, 6) is 0. The first-order valence-electron chi connectivity index (χ1n) is 7.49. The Bertz CT molecular complexity index is 450. The van der Waals surface area contributed by atoms with E-state index in [0.29, 0.717) is 19.6 Å². The summed E-state index contributed by atoms with van der Waals surface area (Å²) >= 11 is 1.76. The summed E-state index contributed by atoms with van der Waals surface area (Å²) in [6.45, 7) is 13.7. The average molecular weight is 314 g/mol. The normalized spacial score (nSPS) is 16.8. The summed E-state index contributed by atoms with van der Waals surface area (Å²) in [4.78, 5) is 5.95. The van der Waals surface area contributed by atoms with E-state index in [4.69, 9.17) is 9.72 Å². The zero-order valence-corrected chi connectivity index (χ0v) is 15.2. The van der Waals surface area contributed by atoms with Gasteiger partial charge in [0.2, 0.25) is 0 Å². The second-order valence-corrected chi connectivity index (χ2v) is 8.09. The van der Waals surface area contributed by atoms with Gasteiger partial charge in [0.15, 0.2) is 0 Å². The molecule has 0 fully saturated rings. The number of aliphatic hydroxyl groups is 1. The van der Waals surface area contributed by atoms with Crippen LogP contribution in [0.15, 0.2) is 0 Å². The van der Waals surface area contributed by atoms with Crippen molar-refractivity contribution in [2.24, 2.45) is 0 Å². The highest BCUT2D eigenvalue weighted by atomic mass is 32.1. The molecule has 1 aromatic heterocycles. The van der Waals surface area contributed by atoms with E-state index in [1.54, 1.807) is 18.4 Å². The molecule has 0 saturated carbocycles. The van der Waals surface area contributed by atoms with Crippen molar-refractivity contribution in [3.8, 4) is 0 Å². The van der Waals surface area contributed by atoms with Gasteiger partial charge in [-0.05, 0) is 20.8 Å². The summed E-state index contributed by atoms with van der Waals surface area (Å²) in [5.41, 5.74) is 0.411. The molecule has 1 heterocycles.